The van der Waals surface area contributed by atoms with Gasteiger partial charge in [0.25, 0.3) is 5.91 Å². The number of para-hydroxylation sites is 1. The third-order valence-electron chi connectivity index (χ3n) is 4.46. The Balaban J connectivity index is 1.58. The number of carbonyl (C=O) groups is 1. The standard InChI is InChI=1S/C20H24N4O2S/c1-2-3-4-5-6-7-12-17-23-24-20(27-17)22-19(26)15-13-21-16-11-9-8-10-14(16)18(15)25/h8-11,13H,2-7,12H2,1H3,(H,21,25)(H,22,24,26). The smallest absolute Gasteiger partial charge is 0.262 e. The summed E-state index contributed by atoms with van der Waals surface area (Å²) in [6.07, 6.45) is 9.66. The van der Waals surface area contributed by atoms with Gasteiger partial charge in [-0.05, 0) is 18.6 Å². The second kappa shape index (κ2) is 9.41. The molecule has 27 heavy (non-hydrogen) atoms. The summed E-state index contributed by atoms with van der Waals surface area (Å²) >= 11 is 1.37. The lowest BCUT2D eigenvalue weighted by atomic mass is 10.1. The predicted molar refractivity (Wildman–Crippen MR) is 110 cm³/mol. The molecule has 2 aromatic heterocycles. The van der Waals surface area contributed by atoms with E-state index >= 15 is 0 Å². The van der Waals surface area contributed by atoms with Crippen LogP contribution >= 0.6 is 11.3 Å². The van der Waals surface area contributed by atoms with Gasteiger partial charge in [-0.3, -0.25) is 14.9 Å². The maximum atomic E-state index is 12.5. The number of fused-ring (bicyclic) bond motifs is 1. The van der Waals surface area contributed by atoms with Crippen LogP contribution in [0.3, 0.4) is 0 Å². The number of rotatable bonds is 9. The highest BCUT2D eigenvalue weighted by Gasteiger charge is 2.15. The van der Waals surface area contributed by atoms with E-state index < -0.39 is 5.91 Å². The summed E-state index contributed by atoms with van der Waals surface area (Å²) in [5.41, 5.74) is 0.483. The Bertz CT molecular complexity index is 964. The number of amides is 1. The zero-order chi connectivity index (χ0) is 19.1. The maximum absolute atomic E-state index is 12.5. The summed E-state index contributed by atoms with van der Waals surface area (Å²) < 4.78 is 0. The van der Waals surface area contributed by atoms with Crippen molar-refractivity contribution in [3.63, 3.8) is 0 Å². The first-order valence-electron chi connectivity index (χ1n) is 9.43. The minimum absolute atomic E-state index is 0.0707. The van der Waals surface area contributed by atoms with Crippen LogP contribution in [-0.4, -0.2) is 21.1 Å². The van der Waals surface area contributed by atoms with Gasteiger partial charge < -0.3 is 4.98 Å². The summed E-state index contributed by atoms with van der Waals surface area (Å²) in [5, 5.41) is 12.7. The molecule has 0 saturated carbocycles. The summed E-state index contributed by atoms with van der Waals surface area (Å²) in [4.78, 5) is 27.9. The van der Waals surface area contributed by atoms with Crippen LogP contribution in [-0.2, 0) is 6.42 Å². The van der Waals surface area contributed by atoms with Crippen LogP contribution in [0.15, 0.2) is 35.3 Å². The monoisotopic (exact) mass is 384 g/mol. The molecule has 7 heteroatoms. The Kier molecular flexibility index (Phi) is 6.70. The van der Waals surface area contributed by atoms with E-state index in [2.05, 4.69) is 27.4 Å². The molecular weight excluding hydrogens is 360 g/mol. The van der Waals surface area contributed by atoms with Gasteiger partial charge in [0.1, 0.15) is 10.6 Å². The predicted octanol–water partition coefficient (Wildman–Crippen LogP) is 4.53. The van der Waals surface area contributed by atoms with E-state index in [1.807, 2.05) is 6.07 Å². The van der Waals surface area contributed by atoms with Crippen molar-refractivity contribution in [3.8, 4) is 0 Å². The number of aromatic amines is 1. The second-order valence-electron chi connectivity index (χ2n) is 6.55. The molecule has 0 aliphatic rings. The number of unbranched alkanes of at least 4 members (excludes halogenated alkanes) is 5. The molecule has 2 N–H and O–H groups in total. The molecule has 3 rings (SSSR count). The summed E-state index contributed by atoms with van der Waals surface area (Å²) in [6.45, 7) is 2.21. The Morgan fingerprint density at radius 3 is 2.74 bits per heavy atom. The third kappa shape index (κ3) is 5.01. The summed E-state index contributed by atoms with van der Waals surface area (Å²) in [6, 6.07) is 7.12. The average molecular weight is 385 g/mol. The van der Waals surface area contributed by atoms with Crippen LogP contribution < -0.4 is 10.7 Å². The van der Waals surface area contributed by atoms with Gasteiger partial charge in [-0.25, -0.2) is 0 Å². The Morgan fingerprint density at radius 2 is 1.89 bits per heavy atom. The van der Waals surface area contributed by atoms with Gasteiger partial charge in [0.15, 0.2) is 0 Å². The van der Waals surface area contributed by atoms with Gasteiger partial charge in [-0.1, -0.05) is 62.5 Å². The van der Waals surface area contributed by atoms with Gasteiger partial charge in [-0.15, -0.1) is 10.2 Å². The van der Waals surface area contributed by atoms with Crippen LogP contribution in [0, 0.1) is 0 Å². The fourth-order valence-corrected chi connectivity index (χ4v) is 3.74. The van der Waals surface area contributed by atoms with Gasteiger partial charge >= 0.3 is 0 Å². The summed E-state index contributed by atoms with van der Waals surface area (Å²) in [7, 11) is 0. The van der Waals surface area contributed by atoms with E-state index in [0.717, 1.165) is 17.8 Å². The van der Waals surface area contributed by atoms with Crippen molar-refractivity contribution in [3.05, 3.63) is 51.3 Å². The van der Waals surface area contributed by atoms with Gasteiger partial charge in [0.2, 0.25) is 10.6 Å². The van der Waals surface area contributed by atoms with Gasteiger partial charge in [0.05, 0.1) is 0 Å². The van der Waals surface area contributed by atoms with Crippen LogP contribution in [0.25, 0.3) is 10.9 Å². The first-order valence-corrected chi connectivity index (χ1v) is 10.2. The fourth-order valence-electron chi connectivity index (χ4n) is 2.96. The lowest BCUT2D eigenvalue weighted by Gasteiger charge is -2.02. The number of aromatic nitrogens is 3. The fraction of sp³-hybridized carbons (Fsp3) is 0.400. The molecule has 0 spiro atoms. The Morgan fingerprint density at radius 1 is 1.11 bits per heavy atom. The maximum Gasteiger partial charge on any atom is 0.262 e. The number of anilines is 1. The number of nitrogens with one attached hydrogen (secondary N) is 2. The molecule has 0 unspecified atom stereocenters. The van der Waals surface area contributed by atoms with E-state index in [4.69, 9.17) is 0 Å². The molecule has 1 aromatic carbocycles. The van der Waals surface area contributed by atoms with E-state index in [-0.39, 0.29) is 11.0 Å². The van der Waals surface area contributed by atoms with E-state index in [0.29, 0.717) is 16.0 Å². The number of H-pyrrole nitrogens is 1. The quantitative estimate of drug-likeness (QED) is 0.530. The lowest BCUT2D eigenvalue weighted by Crippen LogP contribution is -2.21. The van der Waals surface area contributed by atoms with Crippen molar-refractivity contribution in [2.45, 2.75) is 51.9 Å². The number of pyridine rings is 1. The van der Waals surface area contributed by atoms with Gasteiger partial charge in [-0.2, -0.15) is 0 Å². The summed E-state index contributed by atoms with van der Waals surface area (Å²) in [5.74, 6) is -0.468. The molecule has 0 fully saturated rings. The SMILES string of the molecule is CCCCCCCCc1nnc(NC(=O)c2c[nH]c3ccccc3c2=O)s1. The molecule has 1 amide bonds. The molecule has 0 aliphatic carbocycles. The van der Waals surface area contributed by atoms with E-state index in [1.54, 1.807) is 18.2 Å². The van der Waals surface area contributed by atoms with Crippen LogP contribution in [0.2, 0.25) is 0 Å². The van der Waals surface area contributed by atoms with Crippen molar-refractivity contribution < 1.29 is 4.79 Å². The number of carbonyl (C=O) groups excluding carboxylic acids is 1. The van der Waals surface area contributed by atoms with Crippen LogP contribution in [0.4, 0.5) is 5.13 Å². The zero-order valence-electron chi connectivity index (χ0n) is 15.5. The lowest BCUT2D eigenvalue weighted by molar-refractivity contribution is 0.102. The highest BCUT2D eigenvalue weighted by molar-refractivity contribution is 7.15. The minimum atomic E-state index is -0.468. The highest BCUT2D eigenvalue weighted by Crippen LogP contribution is 2.19. The number of benzene rings is 1. The molecule has 0 bridgehead atoms. The van der Waals surface area contributed by atoms with Gasteiger partial charge in [0, 0.05) is 23.5 Å². The molecule has 0 atom stereocenters. The van der Waals surface area contributed by atoms with Crippen molar-refractivity contribution in [1.29, 1.82) is 0 Å². The van der Waals surface area contributed by atoms with Crippen LogP contribution in [0.1, 0.15) is 60.8 Å². The molecule has 0 aliphatic heterocycles. The molecule has 0 saturated heterocycles. The third-order valence-corrected chi connectivity index (χ3v) is 5.36. The van der Waals surface area contributed by atoms with Crippen molar-refractivity contribution in [2.75, 3.05) is 5.32 Å². The minimum Gasteiger partial charge on any atom is -0.360 e. The number of hydrogen-bond acceptors (Lipinski definition) is 5. The first-order chi connectivity index (χ1) is 13.2. The van der Waals surface area contributed by atoms with E-state index in [9.17, 15) is 9.59 Å². The van der Waals surface area contributed by atoms with Crippen molar-refractivity contribution in [2.24, 2.45) is 0 Å². The first kappa shape index (κ1) is 19.2. The van der Waals surface area contributed by atoms with Crippen molar-refractivity contribution >= 4 is 33.3 Å². The molecule has 0 radical (unpaired) electrons. The van der Waals surface area contributed by atoms with E-state index in [1.165, 1.54) is 49.6 Å². The topological polar surface area (TPSA) is 87.7 Å². The Hall–Kier alpha value is -2.54. The van der Waals surface area contributed by atoms with Crippen molar-refractivity contribution in [1.82, 2.24) is 15.2 Å². The zero-order valence-corrected chi connectivity index (χ0v) is 16.3. The normalized spacial score (nSPS) is 11.0. The molecule has 3 aromatic rings. The molecule has 6 nitrogen and oxygen atoms in total. The number of aryl methyl sites for hydroxylation is 1. The molecular formula is C20H24N4O2S. The molecule has 142 valence electrons. The molecule has 2 heterocycles. The highest BCUT2D eigenvalue weighted by atomic mass is 32.1. The van der Waals surface area contributed by atoms with Crippen LogP contribution in [0.5, 0.6) is 0 Å². The second-order valence-corrected chi connectivity index (χ2v) is 7.61. The largest absolute Gasteiger partial charge is 0.360 e. The number of hydrogen-bond donors (Lipinski definition) is 2. The number of nitrogens with zero attached hydrogens (tertiary/aromatic N) is 2. The average Bonchev–Trinajstić information content (AvgIpc) is 3.12. The Labute approximate surface area is 162 Å².